The highest BCUT2D eigenvalue weighted by Gasteiger charge is 2.16. The lowest BCUT2D eigenvalue weighted by atomic mass is 10.1. The van der Waals surface area contributed by atoms with E-state index in [4.69, 9.17) is 5.73 Å². The lowest BCUT2D eigenvalue weighted by Gasteiger charge is -2.30. The van der Waals surface area contributed by atoms with E-state index in [0.717, 1.165) is 13.1 Å². The standard InChI is InChI=1S/C14H20N2/c1-2-12-5-7-13(8-6-12)10-16-9-3-4-14(15)11-16/h2,5-8,14H,1,3-4,9-11,15H2/t14-/m0/s1. The zero-order chi connectivity index (χ0) is 11.4. The SMILES string of the molecule is C=Cc1ccc(CN2CCC[C@H](N)C2)cc1. The molecule has 2 heteroatoms. The molecule has 1 aliphatic rings. The van der Waals surface area contributed by atoms with Crippen LogP contribution in [-0.2, 0) is 6.54 Å². The van der Waals surface area contributed by atoms with Gasteiger partial charge in [-0.1, -0.05) is 36.9 Å². The first-order chi connectivity index (χ1) is 7.78. The summed E-state index contributed by atoms with van der Waals surface area (Å²) in [6.07, 6.45) is 4.28. The topological polar surface area (TPSA) is 29.3 Å². The molecular formula is C14H20N2. The molecular weight excluding hydrogens is 196 g/mol. The van der Waals surface area contributed by atoms with Crippen LogP contribution in [0.15, 0.2) is 30.8 Å². The fourth-order valence-electron chi connectivity index (χ4n) is 2.25. The van der Waals surface area contributed by atoms with Crippen LogP contribution in [0.2, 0.25) is 0 Å². The minimum Gasteiger partial charge on any atom is -0.327 e. The molecule has 0 amide bonds. The molecule has 16 heavy (non-hydrogen) atoms. The Bertz CT molecular complexity index is 342. The van der Waals surface area contributed by atoms with Crippen LogP contribution in [0, 0.1) is 0 Å². The molecule has 1 aliphatic heterocycles. The minimum absolute atomic E-state index is 0.362. The maximum atomic E-state index is 5.97. The second kappa shape index (κ2) is 5.28. The predicted octanol–water partition coefficient (Wildman–Crippen LogP) is 2.25. The van der Waals surface area contributed by atoms with Crippen LogP contribution >= 0.6 is 0 Å². The molecule has 1 heterocycles. The maximum Gasteiger partial charge on any atom is 0.0234 e. The van der Waals surface area contributed by atoms with Crippen molar-refractivity contribution in [3.8, 4) is 0 Å². The van der Waals surface area contributed by atoms with E-state index in [2.05, 4.69) is 35.7 Å². The average Bonchev–Trinajstić information content (AvgIpc) is 2.30. The number of rotatable bonds is 3. The first-order valence-corrected chi connectivity index (χ1v) is 5.97. The Morgan fingerprint density at radius 3 is 2.75 bits per heavy atom. The number of nitrogens with two attached hydrogens (primary N) is 1. The van der Waals surface area contributed by atoms with Gasteiger partial charge in [0.2, 0.25) is 0 Å². The summed E-state index contributed by atoms with van der Waals surface area (Å²) in [7, 11) is 0. The molecule has 0 unspecified atom stereocenters. The first-order valence-electron chi connectivity index (χ1n) is 5.97. The summed E-state index contributed by atoms with van der Waals surface area (Å²) in [5.74, 6) is 0. The van der Waals surface area contributed by atoms with E-state index >= 15 is 0 Å². The van der Waals surface area contributed by atoms with Crippen molar-refractivity contribution in [1.29, 1.82) is 0 Å². The van der Waals surface area contributed by atoms with Gasteiger partial charge in [0.15, 0.2) is 0 Å². The maximum absolute atomic E-state index is 5.97. The second-order valence-electron chi connectivity index (χ2n) is 4.58. The highest BCUT2D eigenvalue weighted by Crippen LogP contribution is 2.13. The van der Waals surface area contributed by atoms with Crippen molar-refractivity contribution in [2.45, 2.75) is 25.4 Å². The zero-order valence-electron chi connectivity index (χ0n) is 9.73. The number of likely N-dealkylation sites (tertiary alicyclic amines) is 1. The molecule has 1 fully saturated rings. The number of nitrogens with zero attached hydrogens (tertiary/aromatic N) is 1. The number of hydrogen-bond acceptors (Lipinski definition) is 2. The highest BCUT2D eigenvalue weighted by molar-refractivity contribution is 5.47. The number of hydrogen-bond donors (Lipinski definition) is 1. The van der Waals surface area contributed by atoms with Crippen molar-refractivity contribution in [3.63, 3.8) is 0 Å². The van der Waals surface area contributed by atoms with Crippen LogP contribution in [0.1, 0.15) is 24.0 Å². The molecule has 2 nitrogen and oxygen atoms in total. The minimum atomic E-state index is 0.362. The third kappa shape index (κ3) is 2.94. The van der Waals surface area contributed by atoms with E-state index in [1.54, 1.807) is 0 Å². The molecule has 2 N–H and O–H groups in total. The summed E-state index contributed by atoms with van der Waals surface area (Å²) in [5.41, 5.74) is 8.51. The zero-order valence-corrected chi connectivity index (χ0v) is 9.73. The molecule has 0 bridgehead atoms. The molecule has 1 saturated heterocycles. The van der Waals surface area contributed by atoms with Crippen molar-refractivity contribution in [1.82, 2.24) is 4.90 Å². The molecule has 1 atom stereocenters. The fraction of sp³-hybridized carbons (Fsp3) is 0.429. The molecule has 0 radical (unpaired) electrons. The summed E-state index contributed by atoms with van der Waals surface area (Å²) in [6, 6.07) is 8.95. The summed E-state index contributed by atoms with van der Waals surface area (Å²) < 4.78 is 0. The van der Waals surface area contributed by atoms with Gasteiger partial charge in [-0.2, -0.15) is 0 Å². The van der Waals surface area contributed by atoms with Gasteiger partial charge in [0.05, 0.1) is 0 Å². The number of benzene rings is 1. The van der Waals surface area contributed by atoms with Gasteiger partial charge >= 0.3 is 0 Å². The number of piperidine rings is 1. The average molecular weight is 216 g/mol. The van der Waals surface area contributed by atoms with Gasteiger partial charge in [0, 0.05) is 19.1 Å². The molecule has 86 valence electrons. The normalized spacial score (nSPS) is 21.9. The molecule has 0 saturated carbocycles. The fourth-order valence-corrected chi connectivity index (χ4v) is 2.25. The monoisotopic (exact) mass is 216 g/mol. The summed E-state index contributed by atoms with van der Waals surface area (Å²) >= 11 is 0. The summed E-state index contributed by atoms with van der Waals surface area (Å²) in [5, 5.41) is 0. The van der Waals surface area contributed by atoms with Gasteiger partial charge in [0.25, 0.3) is 0 Å². The molecule has 0 spiro atoms. The Morgan fingerprint density at radius 2 is 2.12 bits per heavy atom. The van der Waals surface area contributed by atoms with Crippen LogP contribution in [0.5, 0.6) is 0 Å². The van der Waals surface area contributed by atoms with Crippen LogP contribution < -0.4 is 5.73 Å². The van der Waals surface area contributed by atoms with Crippen LogP contribution in [-0.4, -0.2) is 24.0 Å². The Hall–Kier alpha value is -1.12. The van der Waals surface area contributed by atoms with Gasteiger partial charge in [-0.05, 0) is 30.5 Å². The Kier molecular flexibility index (Phi) is 3.75. The second-order valence-corrected chi connectivity index (χ2v) is 4.58. The van der Waals surface area contributed by atoms with Gasteiger partial charge in [0.1, 0.15) is 0 Å². The molecule has 2 rings (SSSR count). The van der Waals surface area contributed by atoms with E-state index in [0.29, 0.717) is 6.04 Å². The highest BCUT2D eigenvalue weighted by atomic mass is 15.1. The van der Waals surface area contributed by atoms with Gasteiger partial charge in [-0.25, -0.2) is 0 Å². The molecule has 0 aliphatic carbocycles. The molecule has 1 aromatic carbocycles. The van der Waals surface area contributed by atoms with Gasteiger partial charge in [-0.3, -0.25) is 4.90 Å². The van der Waals surface area contributed by atoms with E-state index in [1.165, 1.54) is 30.5 Å². The Morgan fingerprint density at radius 1 is 1.38 bits per heavy atom. The Balaban J connectivity index is 1.94. The van der Waals surface area contributed by atoms with Crippen molar-refractivity contribution >= 4 is 6.08 Å². The quantitative estimate of drug-likeness (QED) is 0.839. The van der Waals surface area contributed by atoms with Crippen molar-refractivity contribution in [2.75, 3.05) is 13.1 Å². The van der Waals surface area contributed by atoms with Gasteiger partial charge in [-0.15, -0.1) is 0 Å². The van der Waals surface area contributed by atoms with Crippen molar-refractivity contribution in [2.24, 2.45) is 5.73 Å². The van der Waals surface area contributed by atoms with Crippen molar-refractivity contribution < 1.29 is 0 Å². The van der Waals surface area contributed by atoms with Gasteiger partial charge < -0.3 is 5.73 Å². The van der Waals surface area contributed by atoms with E-state index in [1.807, 2.05) is 6.08 Å². The molecule has 1 aromatic rings. The van der Waals surface area contributed by atoms with E-state index in [-0.39, 0.29) is 0 Å². The van der Waals surface area contributed by atoms with Crippen LogP contribution in [0.25, 0.3) is 6.08 Å². The third-order valence-corrected chi connectivity index (χ3v) is 3.16. The predicted molar refractivity (Wildman–Crippen MR) is 69.0 cm³/mol. The lowest BCUT2D eigenvalue weighted by molar-refractivity contribution is 0.201. The van der Waals surface area contributed by atoms with E-state index in [9.17, 15) is 0 Å². The first kappa shape index (κ1) is 11.4. The van der Waals surface area contributed by atoms with Crippen LogP contribution in [0.4, 0.5) is 0 Å². The molecule has 0 aromatic heterocycles. The Labute approximate surface area is 97.8 Å². The van der Waals surface area contributed by atoms with Crippen LogP contribution in [0.3, 0.4) is 0 Å². The summed E-state index contributed by atoms with van der Waals surface area (Å²) in [6.45, 7) is 6.99. The van der Waals surface area contributed by atoms with Crippen molar-refractivity contribution in [3.05, 3.63) is 42.0 Å². The largest absolute Gasteiger partial charge is 0.327 e. The third-order valence-electron chi connectivity index (χ3n) is 3.16. The van der Waals surface area contributed by atoms with E-state index < -0.39 is 0 Å². The smallest absolute Gasteiger partial charge is 0.0234 e. The summed E-state index contributed by atoms with van der Waals surface area (Å²) in [4.78, 5) is 2.44. The lowest BCUT2D eigenvalue weighted by Crippen LogP contribution is -2.42.